The molecule has 0 saturated heterocycles. The number of rotatable bonds is 6. The van der Waals surface area contributed by atoms with Crippen molar-refractivity contribution in [3.63, 3.8) is 0 Å². The van der Waals surface area contributed by atoms with E-state index in [4.69, 9.17) is 11.6 Å². The van der Waals surface area contributed by atoms with Gasteiger partial charge in [0.1, 0.15) is 0 Å². The summed E-state index contributed by atoms with van der Waals surface area (Å²) in [4.78, 5) is 12.2. The van der Waals surface area contributed by atoms with E-state index in [0.29, 0.717) is 17.1 Å². The van der Waals surface area contributed by atoms with Gasteiger partial charge in [-0.25, -0.2) is 0 Å². The van der Waals surface area contributed by atoms with Gasteiger partial charge in [-0.05, 0) is 67.7 Å². The van der Waals surface area contributed by atoms with E-state index in [9.17, 15) is 18.0 Å². The first-order valence-electron chi connectivity index (χ1n) is 9.94. The van der Waals surface area contributed by atoms with Crippen molar-refractivity contribution in [3.8, 4) is 0 Å². The second kappa shape index (κ2) is 9.71. The monoisotopic (exact) mass is 439 g/mol. The molecule has 0 saturated carbocycles. The Morgan fingerprint density at radius 1 is 1.13 bits per heavy atom. The largest absolute Gasteiger partial charge is 0.391 e. The molecule has 0 radical (unpaired) electrons. The molecule has 2 aromatic carbocycles. The average Bonchev–Trinajstić information content (AvgIpc) is 2.91. The number of halogens is 4. The smallest absolute Gasteiger partial charge is 0.380 e. The van der Waals surface area contributed by atoms with Gasteiger partial charge in [0.25, 0.3) is 5.91 Å². The summed E-state index contributed by atoms with van der Waals surface area (Å²) in [6, 6.07) is 9.80. The normalized spacial score (nSPS) is 15.1. The van der Waals surface area contributed by atoms with E-state index in [1.54, 1.807) is 24.3 Å². The Morgan fingerprint density at radius 3 is 2.53 bits per heavy atom. The summed E-state index contributed by atoms with van der Waals surface area (Å²) in [7, 11) is 0. The van der Waals surface area contributed by atoms with Crippen molar-refractivity contribution in [3.05, 3.63) is 63.7 Å². The van der Waals surface area contributed by atoms with Gasteiger partial charge in [0.05, 0.1) is 17.1 Å². The van der Waals surface area contributed by atoms with Gasteiger partial charge >= 0.3 is 6.18 Å². The predicted octanol–water partition coefficient (Wildman–Crippen LogP) is 4.71. The molecule has 0 spiro atoms. The van der Waals surface area contributed by atoms with Crippen LogP contribution in [0.15, 0.2) is 36.4 Å². The predicted molar refractivity (Wildman–Crippen MR) is 113 cm³/mol. The maximum absolute atomic E-state index is 12.4. The molecule has 1 aliphatic rings. The van der Waals surface area contributed by atoms with Gasteiger partial charge in [-0.1, -0.05) is 29.8 Å². The Bertz CT molecular complexity index is 884. The zero-order valence-corrected chi connectivity index (χ0v) is 17.5. The number of benzene rings is 2. The minimum Gasteiger partial charge on any atom is -0.380 e. The van der Waals surface area contributed by atoms with Crippen molar-refractivity contribution < 1.29 is 18.0 Å². The Labute approximate surface area is 179 Å². The Hall–Kier alpha value is -2.25. The molecule has 0 fully saturated rings. The molecular formula is C22H25ClF3N3O. The number of carbonyl (C=O) groups excluding carboxylic acids is 1. The summed E-state index contributed by atoms with van der Waals surface area (Å²) in [6.45, 7) is 3.71. The fraction of sp³-hybridized carbons (Fsp3) is 0.409. The summed E-state index contributed by atoms with van der Waals surface area (Å²) < 4.78 is 37.3. The zero-order chi connectivity index (χ0) is 21.7. The number of hydrogen-bond acceptors (Lipinski definition) is 3. The number of alkyl halides is 3. The van der Waals surface area contributed by atoms with Gasteiger partial charge in [-0.3, -0.25) is 4.79 Å². The molecule has 30 heavy (non-hydrogen) atoms. The minimum absolute atomic E-state index is 0.324. The number of amides is 1. The van der Waals surface area contributed by atoms with E-state index in [0.717, 1.165) is 37.2 Å². The van der Waals surface area contributed by atoms with Gasteiger partial charge < -0.3 is 16.0 Å². The van der Waals surface area contributed by atoms with Crippen molar-refractivity contribution in [2.45, 2.75) is 44.9 Å². The maximum Gasteiger partial charge on any atom is 0.391 e. The van der Waals surface area contributed by atoms with E-state index in [2.05, 4.69) is 22.0 Å². The van der Waals surface area contributed by atoms with Crippen molar-refractivity contribution in [2.75, 3.05) is 18.4 Å². The Balaban J connectivity index is 1.62. The maximum atomic E-state index is 12.4. The molecule has 162 valence electrons. The van der Waals surface area contributed by atoms with Crippen LogP contribution in [0.4, 0.5) is 18.9 Å². The third-order valence-electron chi connectivity index (χ3n) is 5.08. The number of fused-ring (bicyclic) bond motifs is 1. The van der Waals surface area contributed by atoms with Crippen LogP contribution < -0.4 is 16.0 Å². The van der Waals surface area contributed by atoms with Crippen LogP contribution in [0.5, 0.6) is 0 Å². The first kappa shape index (κ1) is 22.4. The van der Waals surface area contributed by atoms with Crippen LogP contribution in [0.25, 0.3) is 0 Å². The second-order valence-electron chi connectivity index (χ2n) is 7.55. The molecule has 1 heterocycles. The van der Waals surface area contributed by atoms with Crippen LogP contribution >= 0.6 is 11.6 Å². The lowest BCUT2D eigenvalue weighted by atomic mass is 10.0. The van der Waals surface area contributed by atoms with Crippen molar-refractivity contribution in [1.29, 1.82) is 0 Å². The molecule has 3 N–H and O–H groups in total. The Morgan fingerprint density at radius 2 is 1.83 bits per heavy atom. The molecule has 3 rings (SSSR count). The van der Waals surface area contributed by atoms with Crippen molar-refractivity contribution in [2.24, 2.45) is 0 Å². The summed E-state index contributed by atoms with van der Waals surface area (Å²) in [5.41, 5.74) is 4.70. The first-order valence-corrected chi connectivity index (χ1v) is 10.3. The molecule has 0 bridgehead atoms. The molecule has 4 nitrogen and oxygen atoms in total. The van der Waals surface area contributed by atoms with Crippen molar-refractivity contribution in [1.82, 2.24) is 10.6 Å². The molecule has 2 aromatic rings. The molecule has 1 atom stereocenters. The SMILES string of the molecule is CC(CC(F)(F)F)NC(=O)c1ccc(CNc2c(Cl)ccc3c2CCNCC3)cc1. The van der Waals surface area contributed by atoms with E-state index in [1.807, 2.05) is 6.07 Å². The number of nitrogens with one attached hydrogen (secondary N) is 3. The second-order valence-corrected chi connectivity index (χ2v) is 7.96. The summed E-state index contributed by atoms with van der Waals surface area (Å²) in [5.74, 6) is -0.518. The quantitative estimate of drug-likeness (QED) is 0.611. The molecule has 1 unspecified atom stereocenters. The topological polar surface area (TPSA) is 53.2 Å². The lowest BCUT2D eigenvalue weighted by Gasteiger charge is -2.17. The number of anilines is 1. The average molecular weight is 440 g/mol. The van der Waals surface area contributed by atoms with Crippen LogP contribution in [0.1, 0.15) is 40.4 Å². The zero-order valence-electron chi connectivity index (χ0n) is 16.7. The van der Waals surface area contributed by atoms with Gasteiger partial charge in [0, 0.05) is 18.2 Å². The fourth-order valence-corrected chi connectivity index (χ4v) is 3.85. The number of carbonyl (C=O) groups is 1. The van der Waals surface area contributed by atoms with E-state index < -0.39 is 24.5 Å². The van der Waals surface area contributed by atoms with Crippen molar-refractivity contribution >= 4 is 23.2 Å². The highest BCUT2D eigenvalue weighted by atomic mass is 35.5. The van der Waals surface area contributed by atoms with E-state index in [1.165, 1.54) is 18.1 Å². The molecule has 1 amide bonds. The molecule has 1 aliphatic heterocycles. The van der Waals surface area contributed by atoms with E-state index >= 15 is 0 Å². The minimum atomic E-state index is -4.31. The third-order valence-corrected chi connectivity index (χ3v) is 5.40. The van der Waals surface area contributed by atoms with Crippen LogP contribution in [0.2, 0.25) is 5.02 Å². The van der Waals surface area contributed by atoms with Gasteiger partial charge in [0.2, 0.25) is 0 Å². The van der Waals surface area contributed by atoms with Crippen LogP contribution in [0.3, 0.4) is 0 Å². The standard InChI is InChI=1S/C22H25ClF3N3O/c1-14(12-22(24,25)26)29-21(30)17-4-2-15(3-5-17)13-28-20-18-9-11-27-10-8-16(18)6-7-19(20)23/h2-7,14,27-28H,8-13H2,1H3,(H,29,30). The highest BCUT2D eigenvalue weighted by Crippen LogP contribution is 2.31. The highest BCUT2D eigenvalue weighted by Gasteiger charge is 2.30. The summed E-state index contributed by atoms with van der Waals surface area (Å²) in [5, 5.41) is 9.84. The van der Waals surface area contributed by atoms with Crippen LogP contribution in [0, 0.1) is 0 Å². The lowest BCUT2D eigenvalue weighted by Crippen LogP contribution is -2.35. The van der Waals surface area contributed by atoms with Gasteiger partial charge in [-0.2, -0.15) is 13.2 Å². The lowest BCUT2D eigenvalue weighted by molar-refractivity contribution is -0.138. The fourth-order valence-electron chi connectivity index (χ4n) is 3.60. The molecule has 0 aliphatic carbocycles. The first-order chi connectivity index (χ1) is 14.2. The van der Waals surface area contributed by atoms with Gasteiger partial charge in [-0.15, -0.1) is 0 Å². The molecule has 0 aromatic heterocycles. The van der Waals surface area contributed by atoms with Crippen LogP contribution in [-0.4, -0.2) is 31.2 Å². The molecule has 8 heteroatoms. The summed E-state index contributed by atoms with van der Waals surface area (Å²) >= 11 is 6.43. The number of hydrogen-bond donors (Lipinski definition) is 3. The third kappa shape index (κ3) is 6.12. The summed E-state index contributed by atoms with van der Waals surface area (Å²) in [6.07, 6.45) is -3.52. The van der Waals surface area contributed by atoms with Crippen LogP contribution in [-0.2, 0) is 19.4 Å². The molecular weight excluding hydrogens is 415 g/mol. The Kier molecular flexibility index (Phi) is 7.26. The van der Waals surface area contributed by atoms with Gasteiger partial charge in [0.15, 0.2) is 0 Å². The highest BCUT2D eigenvalue weighted by molar-refractivity contribution is 6.33. The van der Waals surface area contributed by atoms with E-state index in [-0.39, 0.29) is 0 Å².